The summed E-state index contributed by atoms with van der Waals surface area (Å²) in [7, 11) is 0. The minimum Gasteiger partial charge on any atom is -0.476 e. The van der Waals surface area contributed by atoms with Crippen molar-refractivity contribution in [2.24, 2.45) is 0 Å². The first-order valence-electron chi connectivity index (χ1n) is 7.17. The van der Waals surface area contributed by atoms with E-state index >= 15 is 0 Å². The molecule has 0 amide bonds. The van der Waals surface area contributed by atoms with Crippen LogP contribution in [0.15, 0.2) is 18.2 Å². The van der Waals surface area contributed by atoms with Crippen LogP contribution in [0.5, 0.6) is 5.75 Å². The highest BCUT2D eigenvalue weighted by molar-refractivity contribution is 5.43. The van der Waals surface area contributed by atoms with Gasteiger partial charge in [-0.1, -0.05) is 19.1 Å². The Labute approximate surface area is 115 Å². The maximum Gasteiger partial charge on any atom is 0.181 e. The standard InChI is InChI=1S/C16H22N2O/c1-3-10-18-15-8-4-7-14-13(15)6-5-9-16(14)19-12(2)11-17/h5-6,9,12,15,18H,3-4,7-8,10H2,1-2H3. The minimum absolute atomic E-state index is 0.393. The van der Waals surface area contributed by atoms with E-state index in [4.69, 9.17) is 10.00 Å². The molecule has 0 fully saturated rings. The normalized spacial score (nSPS) is 19.3. The van der Waals surface area contributed by atoms with Gasteiger partial charge in [0.15, 0.2) is 6.10 Å². The molecule has 0 spiro atoms. The molecule has 102 valence electrons. The Balaban J connectivity index is 2.23. The van der Waals surface area contributed by atoms with Gasteiger partial charge in [-0.15, -0.1) is 0 Å². The second-order valence-electron chi connectivity index (χ2n) is 5.11. The van der Waals surface area contributed by atoms with Crippen molar-refractivity contribution < 1.29 is 4.74 Å². The third-order valence-electron chi connectivity index (χ3n) is 3.59. The van der Waals surface area contributed by atoms with Gasteiger partial charge in [-0.05, 0) is 56.3 Å². The molecule has 2 atom stereocenters. The molecule has 0 saturated heterocycles. The van der Waals surface area contributed by atoms with Crippen molar-refractivity contribution in [1.29, 1.82) is 5.26 Å². The third-order valence-corrected chi connectivity index (χ3v) is 3.59. The quantitative estimate of drug-likeness (QED) is 0.881. The number of nitrogens with zero attached hydrogens (tertiary/aromatic N) is 1. The largest absolute Gasteiger partial charge is 0.476 e. The Morgan fingerprint density at radius 2 is 2.37 bits per heavy atom. The van der Waals surface area contributed by atoms with Crippen molar-refractivity contribution >= 4 is 0 Å². The molecule has 0 radical (unpaired) electrons. The molecule has 0 aliphatic heterocycles. The number of nitrogens with one attached hydrogen (secondary N) is 1. The van der Waals surface area contributed by atoms with E-state index < -0.39 is 6.10 Å². The van der Waals surface area contributed by atoms with Crippen LogP contribution in [0.3, 0.4) is 0 Å². The summed E-state index contributed by atoms with van der Waals surface area (Å²) in [5.41, 5.74) is 2.63. The number of hydrogen-bond donors (Lipinski definition) is 1. The fraction of sp³-hybridized carbons (Fsp3) is 0.562. The monoisotopic (exact) mass is 258 g/mol. The lowest BCUT2D eigenvalue weighted by Gasteiger charge is -2.28. The van der Waals surface area contributed by atoms with Gasteiger partial charge in [0, 0.05) is 6.04 Å². The van der Waals surface area contributed by atoms with Gasteiger partial charge >= 0.3 is 0 Å². The average molecular weight is 258 g/mol. The van der Waals surface area contributed by atoms with Gasteiger partial charge < -0.3 is 10.1 Å². The maximum atomic E-state index is 8.88. The predicted molar refractivity (Wildman–Crippen MR) is 76.1 cm³/mol. The summed E-state index contributed by atoms with van der Waals surface area (Å²) in [5.74, 6) is 0.884. The third kappa shape index (κ3) is 3.27. The number of nitriles is 1. The zero-order valence-electron chi connectivity index (χ0n) is 11.8. The Kier molecular flexibility index (Phi) is 4.81. The van der Waals surface area contributed by atoms with Crippen molar-refractivity contribution in [2.45, 2.75) is 51.7 Å². The molecule has 2 unspecified atom stereocenters. The molecule has 0 aromatic heterocycles. The predicted octanol–water partition coefficient (Wildman–Crippen LogP) is 3.35. The zero-order chi connectivity index (χ0) is 13.7. The Hall–Kier alpha value is -1.53. The summed E-state index contributed by atoms with van der Waals surface area (Å²) < 4.78 is 5.73. The smallest absolute Gasteiger partial charge is 0.181 e. The Morgan fingerprint density at radius 1 is 1.53 bits per heavy atom. The van der Waals surface area contributed by atoms with Crippen LogP contribution in [0.2, 0.25) is 0 Å². The molecule has 0 bridgehead atoms. The van der Waals surface area contributed by atoms with Crippen LogP contribution in [0.4, 0.5) is 0 Å². The van der Waals surface area contributed by atoms with Crippen LogP contribution in [-0.4, -0.2) is 12.6 Å². The summed E-state index contributed by atoms with van der Waals surface area (Å²) in [6.45, 7) is 5.02. The second-order valence-corrected chi connectivity index (χ2v) is 5.11. The Morgan fingerprint density at radius 3 is 3.11 bits per heavy atom. The molecule has 1 aromatic rings. The molecular formula is C16H22N2O. The van der Waals surface area contributed by atoms with E-state index in [2.05, 4.69) is 24.4 Å². The van der Waals surface area contributed by atoms with E-state index in [0.29, 0.717) is 6.04 Å². The highest BCUT2D eigenvalue weighted by atomic mass is 16.5. The van der Waals surface area contributed by atoms with Crippen LogP contribution in [-0.2, 0) is 6.42 Å². The molecule has 1 N–H and O–H groups in total. The number of hydrogen-bond acceptors (Lipinski definition) is 3. The lowest BCUT2D eigenvalue weighted by molar-refractivity contribution is 0.271. The second kappa shape index (κ2) is 6.58. The molecule has 3 heteroatoms. The first kappa shape index (κ1) is 13.9. The fourth-order valence-corrected chi connectivity index (χ4v) is 2.67. The van der Waals surface area contributed by atoms with Crippen LogP contribution in [0.1, 0.15) is 50.3 Å². The average Bonchev–Trinajstić information content (AvgIpc) is 2.45. The first-order valence-corrected chi connectivity index (χ1v) is 7.17. The molecule has 1 aliphatic carbocycles. The number of ether oxygens (including phenoxy) is 1. The molecule has 3 nitrogen and oxygen atoms in total. The number of rotatable bonds is 5. The summed E-state index contributed by atoms with van der Waals surface area (Å²) in [6, 6.07) is 8.76. The van der Waals surface area contributed by atoms with E-state index in [1.165, 1.54) is 24.0 Å². The van der Waals surface area contributed by atoms with Gasteiger partial charge in [-0.2, -0.15) is 5.26 Å². The molecule has 0 heterocycles. The van der Waals surface area contributed by atoms with E-state index in [1.807, 2.05) is 12.1 Å². The van der Waals surface area contributed by atoms with Crippen LogP contribution in [0.25, 0.3) is 0 Å². The topological polar surface area (TPSA) is 45.0 Å². The molecule has 1 aromatic carbocycles. The molecule has 0 saturated carbocycles. The van der Waals surface area contributed by atoms with Gasteiger partial charge in [0.05, 0.1) is 0 Å². The van der Waals surface area contributed by atoms with E-state index in [0.717, 1.165) is 25.1 Å². The lowest BCUT2D eigenvalue weighted by Crippen LogP contribution is -2.26. The zero-order valence-corrected chi connectivity index (χ0v) is 11.8. The highest BCUT2D eigenvalue weighted by Gasteiger charge is 2.22. The molecule has 19 heavy (non-hydrogen) atoms. The van der Waals surface area contributed by atoms with E-state index in [9.17, 15) is 0 Å². The molecular weight excluding hydrogens is 236 g/mol. The summed E-state index contributed by atoms with van der Waals surface area (Å²) >= 11 is 0. The number of benzene rings is 1. The van der Waals surface area contributed by atoms with Crippen molar-refractivity contribution in [3.63, 3.8) is 0 Å². The van der Waals surface area contributed by atoms with Crippen molar-refractivity contribution in [2.75, 3.05) is 6.54 Å². The van der Waals surface area contributed by atoms with Gasteiger partial charge in [0.1, 0.15) is 11.8 Å². The van der Waals surface area contributed by atoms with Crippen LogP contribution >= 0.6 is 0 Å². The van der Waals surface area contributed by atoms with Crippen molar-refractivity contribution in [1.82, 2.24) is 5.32 Å². The minimum atomic E-state index is -0.393. The Bertz CT molecular complexity index is 464. The highest BCUT2D eigenvalue weighted by Crippen LogP contribution is 2.35. The van der Waals surface area contributed by atoms with Crippen LogP contribution in [0, 0.1) is 11.3 Å². The summed E-state index contributed by atoms with van der Waals surface area (Å²) in [6.07, 6.45) is 4.16. The van der Waals surface area contributed by atoms with E-state index in [1.54, 1.807) is 6.92 Å². The van der Waals surface area contributed by atoms with Crippen molar-refractivity contribution in [3.8, 4) is 11.8 Å². The fourth-order valence-electron chi connectivity index (χ4n) is 2.67. The first-order chi connectivity index (χ1) is 9.26. The van der Waals surface area contributed by atoms with Gasteiger partial charge in [0.25, 0.3) is 0 Å². The molecule has 2 rings (SSSR count). The van der Waals surface area contributed by atoms with Crippen molar-refractivity contribution in [3.05, 3.63) is 29.3 Å². The number of fused-ring (bicyclic) bond motifs is 1. The van der Waals surface area contributed by atoms with Gasteiger partial charge in [0.2, 0.25) is 0 Å². The summed E-state index contributed by atoms with van der Waals surface area (Å²) in [5, 5.41) is 12.5. The maximum absolute atomic E-state index is 8.88. The van der Waals surface area contributed by atoms with Gasteiger partial charge in [-0.25, -0.2) is 0 Å². The van der Waals surface area contributed by atoms with Crippen LogP contribution < -0.4 is 10.1 Å². The SMILES string of the molecule is CCCNC1CCCc2c(OC(C)C#N)cccc21. The molecule has 1 aliphatic rings. The van der Waals surface area contributed by atoms with E-state index in [-0.39, 0.29) is 0 Å². The lowest BCUT2D eigenvalue weighted by atomic mass is 9.87. The van der Waals surface area contributed by atoms with Gasteiger partial charge in [-0.3, -0.25) is 0 Å². The summed E-state index contributed by atoms with van der Waals surface area (Å²) in [4.78, 5) is 0.